The molecule has 1 aliphatic heterocycles. The molecule has 0 atom stereocenters. The highest BCUT2D eigenvalue weighted by Gasteiger charge is 2.21. The van der Waals surface area contributed by atoms with Crippen LogP contribution in [0.2, 0.25) is 19.4 Å². The number of amides is 2. The Bertz CT molecular complexity index is 1160. The smallest absolute Gasteiger partial charge is 0.325 e. The summed E-state index contributed by atoms with van der Waals surface area (Å²) in [5.41, 5.74) is 3.82. The average Bonchev–Trinajstić information content (AvgIpc) is 3.32. The van der Waals surface area contributed by atoms with Gasteiger partial charge >= 0.3 is 6.03 Å². The van der Waals surface area contributed by atoms with Gasteiger partial charge in [0.25, 0.3) is 0 Å². The van der Waals surface area contributed by atoms with E-state index in [0.29, 0.717) is 45.7 Å². The number of halogens is 4. The first-order chi connectivity index (χ1) is 15.4. The summed E-state index contributed by atoms with van der Waals surface area (Å²) in [6.07, 6.45) is 3.71. The third kappa shape index (κ3) is 5.75. The number of thiophene rings is 1. The van der Waals surface area contributed by atoms with Crippen LogP contribution in [0, 0.1) is 0 Å². The van der Waals surface area contributed by atoms with Crippen LogP contribution in [0.5, 0.6) is 0 Å². The Balaban J connectivity index is 1.40. The van der Waals surface area contributed by atoms with Crippen molar-refractivity contribution in [1.29, 1.82) is 0 Å². The van der Waals surface area contributed by atoms with Crippen molar-refractivity contribution in [2.45, 2.75) is 17.4 Å². The monoisotopic (exact) mass is 548 g/mol. The molecule has 0 saturated heterocycles. The lowest BCUT2D eigenvalue weighted by atomic mass is 10.1. The first-order valence-electron chi connectivity index (χ1n) is 9.32. The fraction of sp³-hybridized carbons (Fsp3) is 0.200. The average molecular weight is 550 g/mol. The van der Waals surface area contributed by atoms with Gasteiger partial charge in [0.15, 0.2) is 0 Å². The Hall–Kier alpha value is -1.39. The zero-order chi connectivity index (χ0) is 22.7. The fourth-order valence-electron chi connectivity index (χ4n) is 3.10. The van der Waals surface area contributed by atoms with Crippen molar-refractivity contribution in [1.82, 2.24) is 19.8 Å². The van der Waals surface area contributed by atoms with E-state index in [0.717, 1.165) is 38.6 Å². The van der Waals surface area contributed by atoms with Gasteiger partial charge in [-0.05, 0) is 35.7 Å². The van der Waals surface area contributed by atoms with Crippen LogP contribution in [-0.2, 0) is 17.9 Å². The van der Waals surface area contributed by atoms with Gasteiger partial charge in [0.1, 0.15) is 4.34 Å². The number of carbonyl (C=O) groups excluding carboxylic acids is 1. The van der Waals surface area contributed by atoms with Crippen LogP contribution in [0.3, 0.4) is 0 Å². The lowest BCUT2D eigenvalue weighted by molar-refractivity contribution is 0.145. The molecular weight excluding hydrogens is 534 g/mol. The number of hydrogen-bond donors (Lipinski definition) is 2. The summed E-state index contributed by atoms with van der Waals surface area (Å²) in [6, 6.07) is 6.78. The molecule has 2 N–H and O–H groups in total. The van der Waals surface area contributed by atoms with Crippen molar-refractivity contribution in [3.63, 3.8) is 0 Å². The fourth-order valence-corrected chi connectivity index (χ4v) is 5.86. The number of urea groups is 1. The zero-order valence-electron chi connectivity index (χ0n) is 16.3. The molecule has 32 heavy (non-hydrogen) atoms. The van der Waals surface area contributed by atoms with Gasteiger partial charge in [0, 0.05) is 27.7 Å². The maximum Gasteiger partial charge on any atom is 0.325 e. The minimum atomic E-state index is -0.328. The lowest BCUT2D eigenvalue weighted by Crippen LogP contribution is -2.31. The van der Waals surface area contributed by atoms with Crippen molar-refractivity contribution in [2.75, 3.05) is 13.2 Å². The molecule has 0 bridgehead atoms. The number of fused-ring (bicyclic) bond motifs is 1. The molecular formula is C20H16Cl4N4O2S2. The van der Waals surface area contributed by atoms with Gasteiger partial charge in [-0.2, -0.15) is 5.10 Å². The molecule has 0 fully saturated rings. The molecule has 3 aromatic rings. The molecule has 0 unspecified atom stereocenters. The molecule has 3 heterocycles. The second-order valence-electron chi connectivity index (χ2n) is 6.74. The van der Waals surface area contributed by atoms with Crippen molar-refractivity contribution in [3.8, 4) is 0 Å². The second-order valence-corrected chi connectivity index (χ2v) is 10.7. The van der Waals surface area contributed by atoms with Crippen LogP contribution in [0.4, 0.5) is 4.79 Å². The van der Waals surface area contributed by atoms with E-state index < -0.39 is 0 Å². The number of rotatable bonds is 6. The molecule has 2 aromatic heterocycles. The van der Waals surface area contributed by atoms with Crippen LogP contribution >= 0.6 is 69.7 Å². The van der Waals surface area contributed by atoms with Gasteiger partial charge in [-0.15, -0.1) is 11.3 Å². The molecule has 4 rings (SSSR count). The van der Waals surface area contributed by atoms with Gasteiger partial charge in [-0.1, -0.05) is 58.5 Å². The molecule has 0 saturated carbocycles. The number of aromatic nitrogens is 2. The minimum absolute atomic E-state index is 0.323. The van der Waals surface area contributed by atoms with Gasteiger partial charge < -0.3 is 10.1 Å². The number of hydrogen-bond acceptors (Lipinski definition) is 5. The largest absolute Gasteiger partial charge is 0.372 e. The lowest BCUT2D eigenvalue weighted by Gasteiger charge is -2.19. The van der Waals surface area contributed by atoms with Crippen molar-refractivity contribution < 1.29 is 9.53 Å². The molecule has 12 heteroatoms. The number of ether oxygens (including phenoxy) is 1. The molecule has 1 aliphatic rings. The molecule has 2 amide bonds. The Morgan fingerprint density at radius 1 is 1.22 bits per heavy atom. The van der Waals surface area contributed by atoms with E-state index in [1.54, 1.807) is 24.4 Å². The summed E-state index contributed by atoms with van der Waals surface area (Å²) in [6.45, 7) is 1.73. The molecule has 0 radical (unpaired) electrons. The molecule has 6 nitrogen and oxygen atoms in total. The van der Waals surface area contributed by atoms with Gasteiger partial charge in [-0.25, -0.2) is 4.79 Å². The maximum atomic E-state index is 12.1. The third-order valence-electron chi connectivity index (χ3n) is 4.55. The van der Waals surface area contributed by atoms with Gasteiger partial charge in [-0.3, -0.25) is 9.40 Å². The van der Waals surface area contributed by atoms with E-state index in [4.69, 9.17) is 51.1 Å². The van der Waals surface area contributed by atoms with Gasteiger partial charge in [0.05, 0.1) is 40.9 Å². The van der Waals surface area contributed by atoms with E-state index >= 15 is 0 Å². The zero-order valence-corrected chi connectivity index (χ0v) is 21.0. The van der Waals surface area contributed by atoms with E-state index in [9.17, 15) is 4.79 Å². The van der Waals surface area contributed by atoms with Crippen molar-refractivity contribution >= 4 is 81.3 Å². The summed E-state index contributed by atoms with van der Waals surface area (Å²) >= 11 is 26.6. The molecule has 168 valence electrons. The molecule has 0 aliphatic carbocycles. The van der Waals surface area contributed by atoms with Crippen LogP contribution in [0.25, 0.3) is 5.57 Å². The number of nitrogens with zero attached hydrogens (tertiary/aromatic N) is 2. The first kappa shape index (κ1) is 23.8. The Kier molecular flexibility index (Phi) is 7.94. The number of nitrogens with one attached hydrogen (secondary N) is 2. The van der Waals surface area contributed by atoms with Crippen molar-refractivity contribution in [3.05, 3.63) is 72.8 Å². The quantitative estimate of drug-likeness (QED) is 0.343. The highest BCUT2D eigenvalue weighted by atomic mass is 35.5. The highest BCUT2D eigenvalue weighted by molar-refractivity contribution is 7.99. The van der Waals surface area contributed by atoms with Crippen molar-refractivity contribution in [2.24, 2.45) is 0 Å². The summed E-state index contributed by atoms with van der Waals surface area (Å²) in [5, 5.41) is 8.94. The Morgan fingerprint density at radius 2 is 2.06 bits per heavy atom. The number of benzene rings is 1. The van der Waals surface area contributed by atoms with E-state index in [1.165, 1.54) is 11.3 Å². The molecule has 0 spiro atoms. The summed E-state index contributed by atoms with van der Waals surface area (Å²) in [7, 11) is 0. The van der Waals surface area contributed by atoms with E-state index in [2.05, 4.69) is 15.1 Å². The Morgan fingerprint density at radius 3 is 2.81 bits per heavy atom. The predicted octanol–water partition coefficient (Wildman–Crippen LogP) is 6.53. The highest BCUT2D eigenvalue weighted by Crippen LogP contribution is 2.36. The predicted molar refractivity (Wildman–Crippen MR) is 132 cm³/mol. The number of carbonyl (C=O) groups is 1. The van der Waals surface area contributed by atoms with Crippen LogP contribution in [-0.4, -0.2) is 29.0 Å². The van der Waals surface area contributed by atoms with Gasteiger partial charge in [0.2, 0.25) is 0 Å². The standard InChI is InChI=1S/C20H16Cl4N4O2S2/c21-14-2-1-11(15(22)5-14)8-28-18-12(9-30-10-13(18)7-26-28)3-4-25-20(29)27-32-17-6-16(23)19(24)31-17/h1-3,5-7H,4,8-10H2,(H2,25,27,29)/b12-3+. The minimum Gasteiger partial charge on any atom is -0.372 e. The summed E-state index contributed by atoms with van der Waals surface area (Å²) in [5.74, 6) is 0. The van der Waals surface area contributed by atoms with Crippen LogP contribution < -0.4 is 10.0 Å². The van der Waals surface area contributed by atoms with Crippen LogP contribution in [0.15, 0.2) is 40.7 Å². The third-order valence-corrected chi connectivity index (χ3v) is 7.90. The second kappa shape index (κ2) is 10.7. The normalized spacial score (nSPS) is 14.4. The molecule has 1 aromatic carbocycles. The van der Waals surface area contributed by atoms with Crippen LogP contribution in [0.1, 0.15) is 16.8 Å². The SMILES string of the molecule is O=C(NC/C=C1\COCc2cnn(Cc3ccc(Cl)cc3Cl)c21)NSc1cc(Cl)c(Cl)s1. The van der Waals surface area contributed by atoms with E-state index in [1.807, 2.05) is 16.8 Å². The topological polar surface area (TPSA) is 68.2 Å². The first-order valence-corrected chi connectivity index (χ1v) is 12.5. The maximum absolute atomic E-state index is 12.1. The van der Waals surface area contributed by atoms with E-state index in [-0.39, 0.29) is 6.03 Å². The summed E-state index contributed by atoms with van der Waals surface area (Å²) < 4.78 is 11.5. The Labute approximate surface area is 212 Å². The summed E-state index contributed by atoms with van der Waals surface area (Å²) in [4.78, 5) is 12.1.